The second kappa shape index (κ2) is 10.5. The number of rotatable bonds is 0. The number of sulfonamides is 1. The molecule has 3 aliphatic carbocycles. The molecule has 7 rings (SSSR count). The van der Waals surface area contributed by atoms with Crippen molar-refractivity contribution in [3.63, 3.8) is 0 Å². The van der Waals surface area contributed by atoms with Gasteiger partial charge in [0, 0.05) is 29.1 Å². The predicted octanol–water partition coefficient (Wildman–Crippen LogP) is 5.22. The van der Waals surface area contributed by atoms with Gasteiger partial charge in [0.05, 0.1) is 23.6 Å². The highest BCUT2D eigenvalue weighted by Crippen LogP contribution is 2.47. The number of fused-ring (bicyclic) bond motifs is 5. The second-order valence-corrected chi connectivity index (χ2v) is 15.5. The molecule has 41 heavy (non-hydrogen) atoms. The van der Waals surface area contributed by atoms with Gasteiger partial charge in [0.1, 0.15) is 5.75 Å². The fraction of sp³-hybridized carbons (Fsp3) is 0.594. The molecule has 0 unspecified atom stereocenters. The smallest absolute Gasteiger partial charge is 0.264 e. The quantitative estimate of drug-likeness (QED) is 0.432. The van der Waals surface area contributed by atoms with Crippen LogP contribution in [-0.4, -0.2) is 50.5 Å². The Morgan fingerprint density at radius 3 is 2.63 bits per heavy atom. The van der Waals surface area contributed by atoms with Gasteiger partial charge in [-0.1, -0.05) is 24.1 Å². The monoisotopic (exact) mass is 598 g/mol. The van der Waals surface area contributed by atoms with E-state index in [2.05, 4.69) is 21.8 Å². The Bertz CT molecular complexity index is 1460. The third kappa shape index (κ3) is 4.94. The van der Waals surface area contributed by atoms with Crippen LogP contribution >= 0.6 is 11.6 Å². The van der Waals surface area contributed by atoms with Crippen molar-refractivity contribution in [1.82, 2.24) is 4.72 Å². The van der Waals surface area contributed by atoms with Gasteiger partial charge in [-0.05, 0) is 117 Å². The van der Waals surface area contributed by atoms with Gasteiger partial charge >= 0.3 is 0 Å². The van der Waals surface area contributed by atoms with Crippen LogP contribution < -0.4 is 14.4 Å². The minimum atomic E-state index is -3.79. The van der Waals surface area contributed by atoms with Crippen LogP contribution in [0.4, 0.5) is 5.69 Å². The molecule has 2 heterocycles. The highest BCUT2D eigenvalue weighted by atomic mass is 35.5. The van der Waals surface area contributed by atoms with Gasteiger partial charge in [0.2, 0.25) is 10.0 Å². The number of nitrogens with zero attached hydrogens (tertiary/aromatic N) is 1. The standard InChI is InChI=1S/C32H39ClN2O5S/c33-24-9-11-26-21(15-24)4-2-14-32(26)18-35-17-23-6-10-25(23)28(36)5-1-3-20-8-13-30(20)41(38,39)34-31(37)22-7-12-29(40-19-32)27(35)16-22/h7,9,11-12,15-16,20,23,25,28,30,36H,1-6,8,10,13-14,17-19H2,(H,34,37)/t20-,23+,25-,28+,30-,32+/m1/s1. The van der Waals surface area contributed by atoms with E-state index in [0.717, 1.165) is 75.2 Å². The Morgan fingerprint density at radius 2 is 1.85 bits per heavy atom. The molecule has 0 radical (unpaired) electrons. The molecule has 6 atom stereocenters. The Labute approximate surface area is 247 Å². The second-order valence-electron chi connectivity index (χ2n) is 13.1. The molecule has 1 spiro atoms. The summed E-state index contributed by atoms with van der Waals surface area (Å²) < 4.78 is 35.3. The Hall–Kier alpha value is -2.29. The zero-order valence-corrected chi connectivity index (χ0v) is 24.9. The molecule has 7 nitrogen and oxygen atoms in total. The van der Waals surface area contributed by atoms with E-state index in [1.165, 1.54) is 11.1 Å². The van der Waals surface area contributed by atoms with Crippen molar-refractivity contribution in [1.29, 1.82) is 0 Å². The van der Waals surface area contributed by atoms with Crippen molar-refractivity contribution in [3.8, 4) is 5.75 Å². The van der Waals surface area contributed by atoms with Crippen LogP contribution in [0.2, 0.25) is 5.02 Å². The summed E-state index contributed by atoms with van der Waals surface area (Å²) in [5.41, 5.74) is 3.45. The normalized spacial score (nSPS) is 34.4. The van der Waals surface area contributed by atoms with Crippen molar-refractivity contribution in [2.24, 2.45) is 17.8 Å². The molecule has 5 aliphatic rings. The number of amides is 1. The van der Waals surface area contributed by atoms with Crippen LogP contribution in [0.25, 0.3) is 0 Å². The lowest BCUT2D eigenvalue weighted by molar-refractivity contribution is 0.00796. The number of carbonyl (C=O) groups excluding carboxylic acids is 1. The van der Waals surface area contributed by atoms with Crippen molar-refractivity contribution in [2.75, 3.05) is 24.6 Å². The lowest BCUT2D eigenvalue weighted by atomic mass is 9.68. The maximum Gasteiger partial charge on any atom is 0.264 e. The third-order valence-electron chi connectivity index (χ3n) is 10.8. The summed E-state index contributed by atoms with van der Waals surface area (Å²) in [7, 11) is -3.79. The van der Waals surface area contributed by atoms with Gasteiger partial charge in [-0.25, -0.2) is 13.1 Å². The zero-order valence-electron chi connectivity index (χ0n) is 23.4. The van der Waals surface area contributed by atoms with Crippen molar-refractivity contribution in [2.45, 2.75) is 81.0 Å². The van der Waals surface area contributed by atoms with Crippen molar-refractivity contribution < 1.29 is 23.1 Å². The average Bonchev–Trinajstić information content (AvgIpc) is 3.04. The van der Waals surface area contributed by atoms with Crippen LogP contribution in [0.3, 0.4) is 0 Å². The largest absolute Gasteiger partial charge is 0.490 e. The number of halogens is 1. The minimum absolute atomic E-state index is 0.0398. The number of aryl methyl sites for hydroxylation is 1. The number of carbonyl (C=O) groups is 1. The molecule has 2 aromatic rings. The van der Waals surface area contributed by atoms with Crippen molar-refractivity contribution >= 4 is 33.2 Å². The molecule has 0 saturated heterocycles. The van der Waals surface area contributed by atoms with Gasteiger partial charge in [-0.3, -0.25) is 4.79 Å². The Balaban J connectivity index is 1.28. The van der Waals surface area contributed by atoms with E-state index < -0.39 is 21.2 Å². The molecule has 0 aromatic heterocycles. The number of benzene rings is 2. The molecule has 2 N–H and O–H groups in total. The first-order valence-corrected chi connectivity index (χ1v) is 17.2. The first kappa shape index (κ1) is 27.5. The van der Waals surface area contributed by atoms with E-state index in [1.54, 1.807) is 12.1 Å². The highest BCUT2D eigenvalue weighted by Gasteiger charge is 2.45. The van der Waals surface area contributed by atoms with Gasteiger partial charge in [0.25, 0.3) is 5.91 Å². The fourth-order valence-electron chi connectivity index (χ4n) is 8.21. The molecule has 2 saturated carbocycles. The van der Waals surface area contributed by atoms with Crippen LogP contribution in [0.15, 0.2) is 36.4 Å². The molecular formula is C32H39ClN2O5S. The molecule has 2 fully saturated rings. The van der Waals surface area contributed by atoms with E-state index in [0.29, 0.717) is 36.7 Å². The molecule has 2 aliphatic heterocycles. The van der Waals surface area contributed by atoms with Gasteiger partial charge in [-0.2, -0.15) is 0 Å². The predicted molar refractivity (Wildman–Crippen MR) is 159 cm³/mol. The number of aliphatic hydroxyl groups is 1. The minimum Gasteiger partial charge on any atom is -0.490 e. The summed E-state index contributed by atoms with van der Waals surface area (Å²) in [5.74, 6) is 0.746. The average molecular weight is 599 g/mol. The fourth-order valence-corrected chi connectivity index (χ4v) is 10.2. The van der Waals surface area contributed by atoms with E-state index in [1.807, 2.05) is 12.1 Å². The molecule has 2 aromatic carbocycles. The SMILES string of the molecule is O=C1NS(=O)(=O)[C@@H]2CC[C@H]2CCC[C@H](O)[C@@H]2CC[C@H]2CN2C[C@@]3(CCCc4cc(Cl)ccc43)COc3ccc1cc32. The van der Waals surface area contributed by atoms with E-state index >= 15 is 0 Å². The van der Waals surface area contributed by atoms with E-state index in [4.69, 9.17) is 16.3 Å². The molecule has 9 heteroatoms. The summed E-state index contributed by atoms with van der Waals surface area (Å²) in [4.78, 5) is 15.7. The zero-order chi connectivity index (χ0) is 28.4. The van der Waals surface area contributed by atoms with Crippen LogP contribution in [0.5, 0.6) is 5.75 Å². The van der Waals surface area contributed by atoms with Gasteiger partial charge in [0.15, 0.2) is 0 Å². The summed E-state index contributed by atoms with van der Waals surface area (Å²) in [6.07, 6.45) is 8.40. The van der Waals surface area contributed by atoms with Crippen LogP contribution in [0, 0.1) is 17.8 Å². The van der Waals surface area contributed by atoms with Gasteiger partial charge < -0.3 is 14.7 Å². The molecule has 220 valence electrons. The van der Waals surface area contributed by atoms with Crippen molar-refractivity contribution in [3.05, 3.63) is 58.1 Å². The number of anilines is 1. The van der Waals surface area contributed by atoms with Crippen LogP contribution in [0.1, 0.15) is 79.3 Å². The highest BCUT2D eigenvalue weighted by molar-refractivity contribution is 7.90. The maximum atomic E-state index is 13.3. The summed E-state index contributed by atoms with van der Waals surface area (Å²) in [6.45, 7) is 2.00. The first-order chi connectivity index (χ1) is 19.7. The number of ether oxygens (including phenoxy) is 1. The molecule has 1 amide bonds. The third-order valence-corrected chi connectivity index (χ3v) is 12.9. The molecular weight excluding hydrogens is 560 g/mol. The summed E-state index contributed by atoms with van der Waals surface area (Å²) in [5, 5.41) is 11.4. The number of aliphatic hydroxyl groups excluding tert-OH is 1. The number of nitrogens with one attached hydrogen (secondary N) is 1. The number of hydrogen-bond acceptors (Lipinski definition) is 6. The Kier molecular flexibility index (Phi) is 7.02. The topological polar surface area (TPSA) is 95.9 Å². The summed E-state index contributed by atoms with van der Waals surface area (Å²) >= 11 is 6.39. The van der Waals surface area contributed by atoms with E-state index in [9.17, 15) is 18.3 Å². The van der Waals surface area contributed by atoms with E-state index in [-0.39, 0.29) is 23.4 Å². The molecule has 2 bridgehead atoms. The number of hydrogen-bond donors (Lipinski definition) is 2. The Morgan fingerprint density at radius 1 is 1.00 bits per heavy atom. The lowest BCUT2D eigenvalue weighted by Gasteiger charge is -2.46. The van der Waals surface area contributed by atoms with Gasteiger partial charge in [-0.15, -0.1) is 0 Å². The first-order valence-electron chi connectivity index (χ1n) is 15.3. The lowest BCUT2D eigenvalue weighted by Crippen LogP contribution is -2.50. The maximum absolute atomic E-state index is 13.3. The summed E-state index contributed by atoms with van der Waals surface area (Å²) in [6, 6.07) is 11.5. The van der Waals surface area contributed by atoms with Crippen LogP contribution in [-0.2, 0) is 21.9 Å².